The van der Waals surface area contributed by atoms with Crippen LogP contribution in [0.1, 0.15) is 328 Å². The van der Waals surface area contributed by atoms with Gasteiger partial charge >= 0.3 is 0 Å². The number of aliphatic hydroxyl groups excluding tert-OH is 2. The van der Waals surface area contributed by atoms with Gasteiger partial charge in [0.15, 0.2) is 0 Å². The second-order valence-electron chi connectivity index (χ2n) is 23.9. The second-order valence-corrected chi connectivity index (χ2v) is 23.9. The SMILES string of the molecule is CC/C=C\C/C=C\C/C=C\C/C=C\C/C=C\C/C=C\C/C=C\C/C=C\C/C=C\C/C=C\C/C=C\CCCCCCCCCC(=O)NC(CO)C(O)/C=C/CC/C=C/CCCCCCCCCCCCCCCCCCCCCCCCCCCC. The first-order valence-electron chi connectivity index (χ1n) is 36.2. The molecule has 2 unspecified atom stereocenters. The molecule has 0 aromatic heterocycles. The zero-order valence-corrected chi connectivity index (χ0v) is 55.8. The maximum absolute atomic E-state index is 12.5. The van der Waals surface area contributed by atoms with Gasteiger partial charge in [0, 0.05) is 6.42 Å². The molecule has 2 atom stereocenters. The second kappa shape index (κ2) is 74.3. The van der Waals surface area contributed by atoms with Crippen LogP contribution in [0.15, 0.2) is 158 Å². The van der Waals surface area contributed by atoms with Gasteiger partial charge in [0.1, 0.15) is 0 Å². The van der Waals surface area contributed by atoms with E-state index in [9.17, 15) is 15.0 Å². The van der Waals surface area contributed by atoms with Gasteiger partial charge in [-0.1, -0.05) is 364 Å². The lowest BCUT2D eigenvalue weighted by Gasteiger charge is -2.19. The van der Waals surface area contributed by atoms with Gasteiger partial charge in [0.2, 0.25) is 5.91 Å². The fourth-order valence-electron chi connectivity index (χ4n) is 10.3. The van der Waals surface area contributed by atoms with Gasteiger partial charge in [-0.05, 0) is 116 Å². The Morgan fingerprint density at radius 1 is 0.294 bits per heavy atom. The first-order valence-corrected chi connectivity index (χ1v) is 36.2. The summed E-state index contributed by atoms with van der Waals surface area (Å²) in [5.74, 6) is -0.0882. The average molecular weight is 1170 g/mol. The minimum Gasteiger partial charge on any atom is -0.394 e. The maximum Gasteiger partial charge on any atom is 0.220 e. The molecule has 0 saturated heterocycles. The molecule has 4 nitrogen and oxygen atoms in total. The summed E-state index contributed by atoms with van der Waals surface area (Å²) in [4.78, 5) is 12.5. The van der Waals surface area contributed by atoms with E-state index in [0.29, 0.717) is 6.42 Å². The minimum absolute atomic E-state index is 0.0882. The van der Waals surface area contributed by atoms with E-state index in [0.717, 1.165) is 116 Å². The molecular weight excluding hydrogens is 1030 g/mol. The van der Waals surface area contributed by atoms with Crippen molar-refractivity contribution >= 4 is 5.91 Å². The number of aliphatic hydroxyl groups is 2. The molecule has 0 rings (SSSR count). The van der Waals surface area contributed by atoms with Crippen LogP contribution in [0, 0.1) is 0 Å². The molecule has 0 radical (unpaired) electrons. The zero-order chi connectivity index (χ0) is 61.2. The van der Waals surface area contributed by atoms with Crippen LogP contribution in [0.2, 0.25) is 0 Å². The van der Waals surface area contributed by atoms with Crippen molar-refractivity contribution in [3.63, 3.8) is 0 Å². The predicted octanol–water partition coefficient (Wildman–Crippen LogP) is 25.2. The van der Waals surface area contributed by atoms with E-state index in [2.05, 4.69) is 165 Å². The Morgan fingerprint density at radius 2 is 0.529 bits per heavy atom. The highest BCUT2D eigenvalue weighted by molar-refractivity contribution is 5.76. The van der Waals surface area contributed by atoms with E-state index < -0.39 is 12.1 Å². The lowest BCUT2D eigenvalue weighted by atomic mass is 10.0. The summed E-state index contributed by atoms with van der Waals surface area (Å²) in [7, 11) is 0. The quantitative estimate of drug-likeness (QED) is 0.0420. The molecule has 3 N–H and O–H groups in total. The maximum atomic E-state index is 12.5. The number of amides is 1. The van der Waals surface area contributed by atoms with Gasteiger partial charge in [-0.2, -0.15) is 0 Å². The van der Waals surface area contributed by atoms with Gasteiger partial charge in [-0.25, -0.2) is 0 Å². The molecule has 0 fully saturated rings. The van der Waals surface area contributed by atoms with Crippen molar-refractivity contribution in [2.75, 3.05) is 6.61 Å². The number of rotatable bonds is 65. The van der Waals surface area contributed by atoms with Gasteiger partial charge in [0.05, 0.1) is 18.8 Å². The van der Waals surface area contributed by atoms with Crippen molar-refractivity contribution in [3.8, 4) is 0 Å². The molecule has 85 heavy (non-hydrogen) atoms. The van der Waals surface area contributed by atoms with E-state index in [1.54, 1.807) is 6.08 Å². The third-order valence-corrected chi connectivity index (χ3v) is 15.7. The van der Waals surface area contributed by atoms with E-state index in [1.807, 2.05) is 6.08 Å². The Hall–Kier alpha value is -3.99. The van der Waals surface area contributed by atoms with Crippen LogP contribution in [-0.4, -0.2) is 34.9 Å². The van der Waals surface area contributed by atoms with Crippen molar-refractivity contribution in [1.29, 1.82) is 0 Å². The molecule has 1 amide bonds. The Balaban J connectivity index is 3.61. The van der Waals surface area contributed by atoms with Crippen molar-refractivity contribution in [2.45, 2.75) is 341 Å². The van der Waals surface area contributed by atoms with E-state index in [1.165, 1.54) is 193 Å². The van der Waals surface area contributed by atoms with Crippen LogP contribution >= 0.6 is 0 Å². The monoisotopic (exact) mass is 1170 g/mol. The summed E-state index contributed by atoms with van der Waals surface area (Å²) < 4.78 is 0. The first-order chi connectivity index (χ1) is 42.2. The summed E-state index contributed by atoms with van der Waals surface area (Å²) in [5.41, 5.74) is 0. The van der Waals surface area contributed by atoms with Crippen molar-refractivity contribution in [2.24, 2.45) is 0 Å². The number of unbranched alkanes of at least 4 members (excludes halogenated alkanes) is 34. The fourth-order valence-corrected chi connectivity index (χ4v) is 10.3. The average Bonchev–Trinajstić information content (AvgIpc) is 3.51. The van der Waals surface area contributed by atoms with Gasteiger partial charge in [0.25, 0.3) is 0 Å². The zero-order valence-electron chi connectivity index (χ0n) is 55.8. The molecule has 0 aromatic carbocycles. The fraction of sp³-hybridized carbons (Fsp3) is 0.667. The lowest BCUT2D eigenvalue weighted by Crippen LogP contribution is -2.45. The highest BCUT2D eigenvalue weighted by atomic mass is 16.3. The highest BCUT2D eigenvalue weighted by Gasteiger charge is 2.18. The predicted molar refractivity (Wildman–Crippen MR) is 381 cm³/mol. The summed E-state index contributed by atoms with van der Waals surface area (Å²) in [6.07, 6.45) is 118. The smallest absolute Gasteiger partial charge is 0.220 e. The van der Waals surface area contributed by atoms with Crippen LogP contribution in [-0.2, 0) is 4.79 Å². The van der Waals surface area contributed by atoms with Gasteiger partial charge < -0.3 is 15.5 Å². The molecule has 0 aliphatic heterocycles. The van der Waals surface area contributed by atoms with Gasteiger partial charge in [-0.3, -0.25) is 4.79 Å². The van der Waals surface area contributed by atoms with E-state index >= 15 is 0 Å². The molecule has 0 bridgehead atoms. The molecule has 4 heteroatoms. The van der Waals surface area contributed by atoms with E-state index in [-0.39, 0.29) is 12.5 Å². The first kappa shape index (κ1) is 81.0. The normalized spacial score (nSPS) is 13.7. The number of carbonyl (C=O) groups is 1. The van der Waals surface area contributed by atoms with Crippen LogP contribution in [0.25, 0.3) is 0 Å². The number of hydrogen-bond acceptors (Lipinski definition) is 3. The summed E-state index contributed by atoms with van der Waals surface area (Å²) >= 11 is 0. The van der Waals surface area contributed by atoms with Crippen molar-refractivity contribution in [3.05, 3.63) is 158 Å². The molecule has 0 aromatic rings. The van der Waals surface area contributed by atoms with Crippen molar-refractivity contribution < 1.29 is 15.0 Å². The Morgan fingerprint density at radius 3 is 0.824 bits per heavy atom. The molecule has 484 valence electrons. The topological polar surface area (TPSA) is 69.6 Å². The lowest BCUT2D eigenvalue weighted by molar-refractivity contribution is -0.123. The standard InChI is InChI=1S/C81H137NO3/c1-3-5-7-9-11-13-15-17-19-21-23-25-27-29-31-33-35-37-38-39-40-41-42-43-44-45-47-49-51-53-55-57-59-61-63-65-67-69-71-73-75-77-81(85)82-79(78-83)80(84)76-74-72-70-68-66-64-62-60-58-56-54-52-50-48-46-36-34-32-30-28-26-24-22-20-18-16-14-12-10-8-6-4-2/h5,7,11,13,17,19,23,25,29,31,35,37,39-40,42-43,45,47,51,53,57,59,66,68,74,76,79-80,83-84H,3-4,6,8-10,12,14-16,18,20-22,24,26-28,30,32-34,36,38,41,44,46,48-50,52,54-56,58,60-65,67,69-73,75,77-78H2,1-2H3,(H,82,85)/b7-5-,13-11-,19-17-,25-23-,31-29-,37-35-,40-39-,43-42-,47-45-,53-51-,59-57-,68-66+,76-74+. The van der Waals surface area contributed by atoms with Crippen LogP contribution in [0.4, 0.5) is 0 Å². The molecule has 0 saturated carbocycles. The number of nitrogens with one attached hydrogen (secondary N) is 1. The molecule has 0 spiro atoms. The summed E-state index contributed by atoms with van der Waals surface area (Å²) in [6.45, 7) is 4.20. The number of carbonyl (C=O) groups excluding carboxylic acids is 1. The Kier molecular flexibility index (Phi) is 70.8. The minimum atomic E-state index is -0.880. The van der Waals surface area contributed by atoms with Crippen molar-refractivity contribution in [1.82, 2.24) is 5.32 Å². The van der Waals surface area contributed by atoms with E-state index in [4.69, 9.17) is 0 Å². The molecule has 0 aliphatic carbocycles. The number of hydrogen-bond donors (Lipinski definition) is 3. The summed E-state index contributed by atoms with van der Waals surface area (Å²) in [5, 5.41) is 23.3. The molecular formula is C81H137NO3. The summed E-state index contributed by atoms with van der Waals surface area (Å²) in [6, 6.07) is -0.659. The third-order valence-electron chi connectivity index (χ3n) is 15.7. The Labute approximate surface area is 528 Å². The molecule has 0 heterocycles. The Bertz CT molecular complexity index is 1760. The number of allylic oxidation sites excluding steroid dienone is 25. The highest BCUT2D eigenvalue weighted by Crippen LogP contribution is 2.17. The van der Waals surface area contributed by atoms with Crippen LogP contribution in [0.3, 0.4) is 0 Å². The third kappa shape index (κ3) is 70.7. The van der Waals surface area contributed by atoms with Gasteiger partial charge in [-0.15, -0.1) is 0 Å². The van der Waals surface area contributed by atoms with Crippen LogP contribution < -0.4 is 5.32 Å². The molecule has 0 aliphatic rings. The largest absolute Gasteiger partial charge is 0.394 e. The van der Waals surface area contributed by atoms with Crippen LogP contribution in [0.5, 0.6) is 0 Å².